The maximum absolute atomic E-state index is 14.6. The highest BCUT2D eigenvalue weighted by atomic mass is 19.1. The summed E-state index contributed by atoms with van der Waals surface area (Å²) in [5.41, 5.74) is 1.41. The molecule has 0 aliphatic heterocycles. The Morgan fingerprint density at radius 1 is 1.17 bits per heavy atom. The number of nitriles is 1. The third-order valence-corrected chi connectivity index (χ3v) is 5.37. The van der Waals surface area contributed by atoms with Crippen molar-refractivity contribution >= 4 is 16.9 Å². The van der Waals surface area contributed by atoms with Crippen LogP contribution in [0.15, 0.2) is 48.9 Å². The minimum atomic E-state index is -0.913. The van der Waals surface area contributed by atoms with E-state index < -0.39 is 17.5 Å². The zero-order chi connectivity index (χ0) is 20.7. The van der Waals surface area contributed by atoms with Gasteiger partial charge in [-0.2, -0.15) is 10.4 Å². The van der Waals surface area contributed by atoms with Gasteiger partial charge in [-0.15, -0.1) is 0 Å². The van der Waals surface area contributed by atoms with Crippen molar-refractivity contribution in [3.63, 3.8) is 0 Å². The first-order valence-electron chi connectivity index (χ1n) is 9.32. The first kappa shape index (κ1) is 18.1. The number of aromatic amines is 1. The maximum Gasteiger partial charge on any atom is 0.223 e. The molecule has 0 spiro atoms. The van der Waals surface area contributed by atoms with Gasteiger partial charge in [0.15, 0.2) is 5.69 Å². The fourth-order valence-electron chi connectivity index (χ4n) is 3.81. The standard InChI is InChI=1S/C21H15F2N7/c22-13-7-21(8-13,19-3-1-2-4-25-19)28-20-26-10-12(11-27-20)14-5-15-17(6-16(14)23)29-30-18(15)9-24/h1-6,10-11,13H,7-8H2,(H,29,30)(H,26,27,28). The Balaban J connectivity index is 1.46. The second-order valence-corrected chi connectivity index (χ2v) is 7.28. The molecule has 9 heteroatoms. The summed E-state index contributed by atoms with van der Waals surface area (Å²) >= 11 is 0. The lowest BCUT2D eigenvalue weighted by Gasteiger charge is -2.44. The van der Waals surface area contributed by atoms with Crippen molar-refractivity contribution in [1.29, 1.82) is 5.26 Å². The van der Waals surface area contributed by atoms with Crippen LogP contribution in [0.25, 0.3) is 22.0 Å². The van der Waals surface area contributed by atoms with Crippen molar-refractivity contribution in [1.82, 2.24) is 25.1 Å². The number of nitrogens with zero attached hydrogens (tertiary/aromatic N) is 5. The minimum Gasteiger partial charge on any atom is -0.343 e. The van der Waals surface area contributed by atoms with Crippen LogP contribution in [0.1, 0.15) is 24.2 Å². The van der Waals surface area contributed by atoms with Gasteiger partial charge in [0, 0.05) is 54.0 Å². The molecule has 1 aromatic carbocycles. The van der Waals surface area contributed by atoms with Gasteiger partial charge in [-0.1, -0.05) is 6.07 Å². The van der Waals surface area contributed by atoms with E-state index in [1.807, 2.05) is 18.2 Å². The van der Waals surface area contributed by atoms with Crippen LogP contribution in [0, 0.1) is 17.1 Å². The zero-order valence-corrected chi connectivity index (χ0v) is 15.6. The topological polar surface area (TPSA) is 103 Å². The monoisotopic (exact) mass is 403 g/mol. The van der Waals surface area contributed by atoms with E-state index in [1.165, 1.54) is 18.5 Å². The van der Waals surface area contributed by atoms with Crippen LogP contribution >= 0.6 is 0 Å². The molecule has 3 heterocycles. The molecule has 1 fully saturated rings. The molecule has 7 nitrogen and oxygen atoms in total. The van der Waals surface area contributed by atoms with Crippen LogP contribution in [-0.2, 0) is 5.54 Å². The molecule has 0 atom stereocenters. The van der Waals surface area contributed by atoms with E-state index in [-0.39, 0.29) is 24.1 Å². The van der Waals surface area contributed by atoms with E-state index in [0.717, 1.165) is 5.69 Å². The molecular weight excluding hydrogens is 388 g/mol. The number of benzene rings is 1. The third-order valence-electron chi connectivity index (χ3n) is 5.37. The summed E-state index contributed by atoms with van der Waals surface area (Å²) in [4.78, 5) is 12.9. The lowest BCUT2D eigenvalue weighted by atomic mass is 9.72. The molecule has 0 unspecified atom stereocenters. The highest BCUT2D eigenvalue weighted by molar-refractivity contribution is 5.88. The normalized spacial score (nSPS) is 20.5. The summed E-state index contributed by atoms with van der Waals surface area (Å²) in [6.07, 6.45) is 4.28. The fraction of sp³-hybridized carbons (Fsp3) is 0.190. The molecule has 0 radical (unpaired) electrons. The number of halogens is 2. The molecule has 30 heavy (non-hydrogen) atoms. The SMILES string of the molecule is N#Cc1n[nH]c2cc(F)c(-c3cnc(NC4(c5ccccn5)CC(F)C4)nc3)cc12. The Morgan fingerprint density at radius 2 is 1.97 bits per heavy atom. The van der Waals surface area contributed by atoms with Crippen LogP contribution < -0.4 is 5.32 Å². The summed E-state index contributed by atoms with van der Waals surface area (Å²) in [5.74, 6) is -0.178. The Kier molecular flexibility index (Phi) is 4.13. The van der Waals surface area contributed by atoms with Crippen LogP contribution in [0.2, 0.25) is 0 Å². The second-order valence-electron chi connectivity index (χ2n) is 7.28. The number of hydrogen-bond acceptors (Lipinski definition) is 6. The van der Waals surface area contributed by atoms with Crippen LogP contribution in [0.5, 0.6) is 0 Å². The van der Waals surface area contributed by atoms with Gasteiger partial charge in [-0.3, -0.25) is 10.1 Å². The van der Waals surface area contributed by atoms with E-state index >= 15 is 0 Å². The summed E-state index contributed by atoms with van der Waals surface area (Å²) in [5, 5.41) is 19.4. The average Bonchev–Trinajstić information content (AvgIpc) is 3.15. The molecule has 148 valence electrons. The largest absolute Gasteiger partial charge is 0.343 e. The molecule has 2 N–H and O–H groups in total. The molecule has 0 bridgehead atoms. The second kappa shape index (κ2) is 6.84. The number of anilines is 1. The van der Waals surface area contributed by atoms with Crippen LogP contribution in [-0.4, -0.2) is 31.3 Å². The quantitative estimate of drug-likeness (QED) is 0.536. The van der Waals surface area contributed by atoms with Crippen molar-refractivity contribution in [3.05, 3.63) is 66.1 Å². The maximum atomic E-state index is 14.6. The van der Waals surface area contributed by atoms with Gasteiger partial charge in [0.05, 0.1) is 16.7 Å². The summed E-state index contributed by atoms with van der Waals surface area (Å²) in [6, 6.07) is 10.3. The Bertz CT molecular complexity index is 1260. The molecule has 3 aromatic heterocycles. The lowest BCUT2D eigenvalue weighted by Crippen LogP contribution is -2.49. The van der Waals surface area contributed by atoms with E-state index in [0.29, 0.717) is 22.4 Å². The van der Waals surface area contributed by atoms with Crippen molar-refractivity contribution < 1.29 is 8.78 Å². The van der Waals surface area contributed by atoms with E-state index in [2.05, 4.69) is 30.5 Å². The summed E-state index contributed by atoms with van der Waals surface area (Å²) in [7, 11) is 0. The Hall–Kier alpha value is -3.93. The molecule has 1 saturated carbocycles. The van der Waals surface area contributed by atoms with Gasteiger partial charge in [0.25, 0.3) is 0 Å². The molecule has 0 saturated heterocycles. The Morgan fingerprint density at radius 3 is 2.63 bits per heavy atom. The van der Waals surface area contributed by atoms with Gasteiger partial charge in [-0.05, 0) is 18.2 Å². The molecule has 1 aliphatic carbocycles. The third kappa shape index (κ3) is 2.93. The van der Waals surface area contributed by atoms with E-state index in [4.69, 9.17) is 5.26 Å². The number of rotatable bonds is 4. The first-order valence-corrected chi connectivity index (χ1v) is 9.32. The number of nitrogens with one attached hydrogen (secondary N) is 2. The summed E-state index contributed by atoms with van der Waals surface area (Å²) < 4.78 is 28.3. The highest BCUT2D eigenvalue weighted by Gasteiger charge is 2.47. The Labute approximate surface area is 169 Å². The van der Waals surface area contributed by atoms with Crippen molar-refractivity contribution in [2.75, 3.05) is 5.32 Å². The number of aromatic nitrogens is 5. The van der Waals surface area contributed by atoms with Gasteiger partial charge < -0.3 is 5.32 Å². The van der Waals surface area contributed by atoms with Crippen molar-refractivity contribution in [3.8, 4) is 17.2 Å². The summed E-state index contributed by atoms with van der Waals surface area (Å²) in [6.45, 7) is 0. The number of pyridine rings is 1. The van der Waals surface area contributed by atoms with E-state index in [1.54, 1.807) is 18.3 Å². The molecule has 5 rings (SSSR count). The molecular formula is C21H15F2N7. The molecule has 1 aliphatic rings. The number of alkyl halides is 1. The van der Waals surface area contributed by atoms with Crippen molar-refractivity contribution in [2.45, 2.75) is 24.6 Å². The zero-order valence-electron chi connectivity index (χ0n) is 15.6. The number of H-pyrrole nitrogens is 1. The van der Waals surface area contributed by atoms with E-state index in [9.17, 15) is 8.78 Å². The van der Waals surface area contributed by atoms with Crippen molar-refractivity contribution in [2.24, 2.45) is 0 Å². The fourth-order valence-corrected chi connectivity index (χ4v) is 3.81. The average molecular weight is 403 g/mol. The van der Waals surface area contributed by atoms with Gasteiger partial charge in [0.2, 0.25) is 5.95 Å². The number of fused-ring (bicyclic) bond motifs is 1. The van der Waals surface area contributed by atoms with Gasteiger partial charge in [-0.25, -0.2) is 18.7 Å². The first-order chi connectivity index (χ1) is 14.6. The minimum absolute atomic E-state index is 0.188. The van der Waals surface area contributed by atoms with Gasteiger partial charge >= 0.3 is 0 Å². The lowest BCUT2D eigenvalue weighted by molar-refractivity contribution is 0.111. The molecule has 4 aromatic rings. The van der Waals surface area contributed by atoms with Gasteiger partial charge in [0.1, 0.15) is 18.1 Å². The van der Waals surface area contributed by atoms with Crippen LogP contribution in [0.3, 0.4) is 0 Å². The predicted molar refractivity (Wildman–Crippen MR) is 105 cm³/mol. The highest BCUT2D eigenvalue weighted by Crippen LogP contribution is 2.44. The van der Waals surface area contributed by atoms with Crippen LogP contribution in [0.4, 0.5) is 14.7 Å². The smallest absolute Gasteiger partial charge is 0.223 e. The number of hydrogen-bond donors (Lipinski definition) is 2. The predicted octanol–water partition coefficient (Wildman–Crippen LogP) is 3.86. The molecule has 0 amide bonds.